The summed E-state index contributed by atoms with van der Waals surface area (Å²) >= 11 is 0. The Balaban J connectivity index is 1.95. The predicted octanol–water partition coefficient (Wildman–Crippen LogP) is 4.62. The molecule has 29 heavy (non-hydrogen) atoms. The fourth-order valence-corrected chi connectivity index (χ4v) is 2.81. The summed E-state index contributed by atoms with van der Waals surface area (Å²) in [4.78, 5) is 17.4. The third kappa shape index (κ3) is 4.85. The number of benzene rings is 1. The van der Waals surface area contributed by atoms with Gasteiger partial charge in [0.25, 0.3) is 0 Å². The highest BCUT2D eigenvalue weighted by Gasteiger charge is 2.12. The zero-order valence-corrected chi connectivity index (χ0v) is 17.2. The fourth-order valence-electron chi connectivity index (χ4n) is 2.81. The number of aliphatic imine (C=N–C) groups is 1. The first-order chi connectivity index (χ1) is 14.0. The lowest BCUT2D eigenvalue weighted by Crippen LogP contribution is -2.06. The van der Waals surface area contributed by atoms with Gasteiger partial charge in [-0.1, -0.05) is 18.7 Å². The highest BCUT2D eigenvalue weighted by atomic mass is 16.5. The number of hydrogen-bond donors (Lipinski definition) is 1. The van der Waals surface area contributed by atoms with Crippen molar-refractivity contribution >= 4 is 22.4 Å². The van der Waals surface area contributed by atoms with E-state index < -0.39 is 0 Å². The Morgan fingerprint density at radius 2 is 2.00 bits per heavy atom. The van der Waals surface area contributed by atoms with Crippen LogP contribution in [0.1, 0.15) is 12.6 Å². The number of aromatic nitrogens is 3. The largest absolute Gasteiger partial charge is 0.494 e. The fraction of sp³-hybridized carbons (Fsp3) is 0.217. The molecule has 0 unspecified atom stereocenters. The SMILES string of the molecule is C=C(/C=C\C(C)=NC)CNc1ncnc2c(OC)cc(-c3ccc(C)nc3)cc12. The molecule has 0 saturated carbocycles. The van der Waals surface area contributed by atoms with Crippen molar-refractivity contribution in [3.05, 3.63) is 66.8 Å². The van der Waals surface area contributed by atoms with E-state index in [4.69, 9.17) is 4.74 Å². The van der Waals surface area contributed by atoms with Gasteiger partial charge in [0, 0.05) is 42.1 Å². The van der Waals surface area contributed by atoms with Crippen LogP contribution in [0.3, 0.4) is 0 Å². The third-order valence-electron chi connectivity index (χ3n) is 4.56. The normalized spacial score (nSPS) is 11.8. The number of anilines is 1. The first kappa shape index (κ1) is 20.2. The number of methoxy groups -OCH3 is 1. The van der Waals surface area contributed by atoms with Crippen LogP contribution in [0.4, 0.5) is 5.82 Å². The van der Waals surface area contributed by atoms with E-state index in [1.54, 1.807) is 14.2 Å². The molecule has 1 aromatic carbocycles. The summed E-state index contributed by atoms with van der Waals surface area (Å²) in [5, 5.41) is 4.24. The molecule has 0 atom stereocenters. The van der Waals surface area contributed by atoms with Crippen LogP contribution in [0.15, 0.2) is 66.1 Å². The number of nitrogens with one attached hydrogen (secondary N) is 1. The average Bonchev–Trinajstić information content (AvgIpc) is 2.75. The van der Waals surface area contributed by atoms with Crippen molar-refractivity contribution in [2.75, 3.05) is 26.0 Å². The zero-order valence-electron chi connectivity index (χ0n) is 17.2. The Hall–Kier alpha value is -3.54. The van der Waals surface area contributed by atoms with E-state index in [0.29, 0.717) is 12.3 Å². The van der Waals surface area contributed by atoms with Crippen molar-refractivity contribution in [2.45, 2.75) is 13.8 Å². The Bertz CT molecular complexity index is 1080. The van der Waals surface area contributed by atoms with Gasteiger partial charge in [-0.3, -0.25) is 9.98 Å². The molecule has 1 N–H and O–H groups in total. The maximum Gasteiger partial charge on any atom is 0.145 e. The lowest BCUT2D eigenvalue weighted by Gasteiger charge is -2.13. The number of hydrogen-bond acceptors (Lipinski definition) is 6. The Morgan fingerprint density at radius 1 is 1.17 bits per heavy atom. The topological polar surface area (TPSA) is 72.3 Å². The molecule has 0 saturated heterocycles. The summed E-state index contributed by atoms with van der Waals surface area (Å²) in [6.07, 6.45) is 7.28. The van der Waals surface area contributed by atoms with E-state index in [2.05, 4.69) is 37.9 Å². The molecule has 0 fully saturated rings. The van der Waals surface area contributed by atoms with Crippen LogP contribution in [0.2, 0.25) is 0 Å². The maximum absolute atomic E-state index is 5.59. The molecule has 6 heteroatoms. The molecule has 0 amide bonds. The van der Waals surface area contributed by atoms with Gasteiger partial charge in [0.2, 0.25) is 0 Å². The molecule has 0 aliphatic carbocycles. The van der Waals surface area contributed by atoms with Crippen LogP contribution in [0, 0.1) is 6.92 Å². The van der Waals surface area contributed by atoms with Crippen LogP contribution in [-0.4, -0.2) is 41.4 Å². The van der Waals surface area contributed by atoms with Gasteiger partial charge in [-0.25, -0.2) is 9.97 Å². The lowest BCUT2D eigenvalue weighted by atomic mass is 10.0. The highest BCUT2D eigenvalue weighted by Crippen LogP contribution is 2.33. The van der Waals surface area contributed by atoms with Gasteiger partial charge in [0.05, 0.1) is 7.11 Å². The van der Waals surface area contributed by atoms with Gasteiger partial charge in [-0.15, -0.1) is 0 Å². The monoisotopic (exact) mass is 387 g/mol. The second kappa shape index (κ2) is 9.10. The molecule has 148 valence electrons. The number of rotatable bonds is 7. The predicted molar refractivity (Wildman–Crippen MR) is 120 cm³/mol. The van der Waals surface area contributed by atoms with Crippen molar-refractivity contribution in [3.8, 4) is 16.9 Å². The van der Waals surface area contributed by atoms with E-state index in [0.717, 1.165) is 44.8 Å². The summed E-state index contributed by atoms with van der Waals surface area (Å²) in [6.45, 7) is 8.55. The van der Waals surface area contributed by atoms with Gasteiger partial charge < -0.3 is 10.1 Å². The van der Waals surface area contributed by atoms with Crippen molar-refractivity contribution in [1.29, 1.82) is 0 Å². The van der Waals surface area contributed by atoms with Gasteiger partial charge >= 0.3 is 0 Å². The molecule has 3 aromatic rings. The number of fused-ring (bicyclic) bond motifs is 1. The maximum atomic E-state index is 5.59. The zero-order chi connectivity index (χ0) is 20.8. The van der Waals surface area contributed by atoms with Gasteiger partial charge in [0.15, 0.2) is 0 Å². The molecule has 0 spiro atoms. The molecule has 3 rings (SSSR count). The van der Waals surface area contributed by atoms with Crippen LogP contribution in [-0.2, 0) is 0 Å². The molecule has 0 aliphatic heterocycles. The summed E-state index contributed by atoms with van der Waals surface area (Å²) in [5.41, 5.74) is 5.59. The molecule has 6 nitrogen and oxygen atoms in total. The average molecular weight is 387 g/mol. The minimum atomic E-state index is 0.554. The van der Waals surface area contributed by atoms with Crippen molar-refractivity contribution in [2.24, 2.45) is 4.99 Å². The van der Waals surface area contributed by atoms with Crippen molar-refractivity contribution in [3.63, 3.8) is 0 Å². The minimum absolute atomic E-state index is 0.554. The van der Waals surface area contributed by atoms with Crippen LogP contribution in [0.25, 0.3) is 22.0 Å². The second-order valence-electron chi connectivity index (χ2n) is 6.70. The highest BCUT2D eigenvalue weighted by molar-refractivity contribution is 5.96. The van der Waals surface area contributed by atoms with Crippen LogP contribution >= 0.6 is 0 Å². The number of nitrogens with zero attached hydrogens (tertiary/aromatic N) is 4. The van der Waals surface area contributed by atoms with Crippen molar-refractivity contribution in [1.82, 2.24) is 15.0 Å². The smallest absolute Gasteiger partial charge is 0.145 e. The van der Waals surface area contributed by atoms with E-state index in [-0.39, 0.29) is 0 Å². The van der Waals surface area contributed by atoms with E-state index in [1.807, 2.05) is 50.4 Å². The summed E-state index contributed by atoms with van der Waals surface area (Å²) in [7, 11) is 3.41. The molecule has 0 radical (unpaired) electrons. The summed E-state index contributed by atoms with van der Waals surface area (Å²) in [6, 6.07) is 8.06. The Labute approximate surface area is 171 Å². The molecular formula is C23H25N5O. The Morgan fingerprint density at radius 3 is 2.69 bits per heavy atom. The standard InChI is InChI=1S/C23H25N5O/c1-15(6-7-16(2)24-4)12-26-23-20-10-19(18-9-8-17(3)25-13-18)11-21(29-5)22(20)27-14-28-23/h6-11,13-14H,1,12H2,2-5H3,(H,26,27,28)/b7-6-,24-16?. The lowest BCUT2D eigenvalue weighted by molar-refractivity contribution is 0.419. The van der Waals surface area contributed by atoms with E-state index in [1.165, 1.54) is 6.33 Å². The minimum Gasteiger partial charge on any atom is -0.494 e. The number of aryl methyl sites for hydroxylation is 1. The van der Waals surface area contributed by atoms with E-state index in [9.17, 15) is 0 Å². The van der Waals surface area contributed by atoms with Crippen LogP contribution in [0.5, 0.6) is 5.75 Å². The Kier molecular flexibility index (Phi) is 6.34. The molecule has 2 heterocycles. The molecule has 2 aromatic heterocycles. The van der Waals surface area contributed by atoms with Crippen LogP contribution < -0.4 is 10.1 Å². The first-order valence-corrected chi connectivity index (χ1v) is 9.30. The second-order valence-corrected chi connectivity index (χ2v) is 6.70. The molecule has 0 bridgehead atoms. The first-order valence-electron chi connectivity index (χ1n) is 9.30. The number of ether oxygens (including phenoxy) is 1. The molecular weight excluding hydrogens is 362 g/mol. The van der Waals surface area contributed by atoms with Crippen molar-refractivity contribution < 1.29 is 4.74 Å². The summed E-state index contributed by atoms with van der Waals surface area (Å²) in [5.74, 6) is 1.42. The van der Waals surface area contributed by atoms with Gasteiger partial charge in [0.1, 0.15) is 23.4 Å². The van der Waals surface area contributed by atoms with Gasteiger partial charge in [-0.2, -0.15) is 0 Å². The third-order valence-corrected chi connectivity index (χ3v) is 4.56. The molecule has 0 aliphatic rings. The number of allylic oxidation sites excluding steroid dienone is 1. The van der Waals surface area contributed by atoms with Gasteiger partial charge in [-0.05, 0) is 49.3 Å². The summed E-state index contributed by atoms with van der Waals surface area (Å²) < 4.78 is 5.59. The number of pyridine rings is 1. The van der Waals surface area contributed by atoms with E-state index >= 15 is 0 Å². The quantitative estimate of drug-likeness (QED) is 0.473.